The molecule has 28 heavy (non-hydrogen) atoms. The van der Waals surface area contributed by atoms with Gasteiger partial charge in [0.05, 0.1) is 7.11 Å². The van der Waals surface area contributed by atoms with Crippen LogP contribution in [0.1, 0.15) is 10.4 Å². The normalized spacial score (nSPS) is 10.3. The average Bonchev–Trinajstić information content (AvgIpc) is 2.75. The standard InChI is InChI=1S/C22H22N2O4/c1-27-19-9-7-17(8-10-19)22(26)24-13-12-23-21(25)15-28-20-11-6-16-4-2-3-5-18(16)14-20/h2-11,14H,12-13,15H2,1H3,(H,23,25)(H,24,26). The zero-order valence-corrected chi connectivity index (χ0v) is 15.6. The zero-order chi connectivity index (χ0) is 19.8. The third-order valence-electron chi connectivity index (χ3n) is 4.18. The molecule has 6 nitrogen and oxygen atoms in total. The number of ether oxygens (including phenoxy) is 2. The highest BCUT2D eigenvalue weighted by Gasteiger charge is 2.06. The molecule has 0 saturated heterocycles. The molecule has 0 unspecified atom stereocenters. The number of benzene rings is 3. The average molecular weight is 378 g/mol. The SMILES string of the molecule is COc1ccc(C(=O)NCCNC(=O)COc2ccc3ccccc3c2)cc1. The Morgan fingerprint density at radius 1 is 0.821 bits per heavy atom. The number of hydrogen-bond donors (Lipinski definition) is 2. The van der Waals surface area contributed by atoms with E-state index in [1.165, 1.54) is 0 Å². The smallest absolute Gasteiger partial charge is 0.258 e. The molecule has 0 aromatic heterocycles. The van der Waals surface area contributed by atoms with Crippen LogP contribution in [-0.2, 0) is 4.79 Å². The van der Waals surface area contributed by atoms with Gasteiger partial charge in [-0.1, -0.05) is 30.3 Å². The van der Waals surface area contributed by atoms with Crippen LogP contribution >= 0.6 is 0 Å². The van der Waals surface area contributed by atoms with E-state index in [-0.39, 0.29) is 18.4 Å². The van der Waals surface area contributed by atoms with Crippen molar-refractivity contribution in [1.82, 2.24) is 10.6 Å². The van der Waals surface area contributed by atoms with Gasteiger partial charge in [0.25, 0.3) is 11.8 Å². The predicted molar refractivity (Wildman–Crippen MR) is 108 cm³/mol. The molecule has 3 aromatic carbocycles. The molecule has 6 heteroatoms. The lowest BCUT2D eigenvalue weighted by atomic mass is 10.1. The second-order valence-corrected chi connectivity index (χ2v) is 6.13. The number of hydrogen-bond acceptors (Lipinski definition) is 4. The highest BCUT2D eigenvalue weighted by Crippen LogP contribution is 2.20. The molecule has 0 radical (unpaired) electrons. The minimum Gasteiger partial charge on any atom is -0.497 e. The van der Waals surface area contributed by atoms with Gasteiger partial charge >= 0.3 is 0 Å². The number of carbonyl (C=O) groups is 2. The number of amides is 2. The maximum Gasteiger partial charge on any atom is 0.258 e. The molecule has 0 fully saturated rings. The predicted octanol–water partition coefficient (Wildman–Crippen LogP) is 2.77. The Bertz CT molecular complexity index is 954. The lowest BCUT2D eigenvalue weighted by Crippen LogP contribution is -2.36. The van der Waals surface area contributed by atoms with E-state index < -0.39 is 0 Å². The molecular formula is C22H22N2O4. The van der Waals surface area contributed by atoms with Gasteiger partial charge in [0, 0.05) is 18.7 Å². The fourth-order valence-corrected chi connectivity index (χ4v) is 2.68. The van der Waals surface area contributed by atoms with Gasteiger partial charge in [-0.15, -0.1) is 0 Å². The Morgan fingerprint density at radius 3 is 2.25 bits per heavy atom. The first-order chi connectivity index (χ1) is 13.7. The molecular weight excluding hydrogens is 356 g/mol. The zero-order valence-electron chi connectivity index (χ0n) is 15.6. The second-order valence-electron chi connectivity index (χ2n) is 6.13. The van der Waals surface area contributed by atoms with Crippen LogP contribution in [0.5, 0.6) is 11.5 Å². The quantitative estimate of drug-likeness (QED) is 0.591. The number of methoxy groups -OCH3 is 1. The first-order valence-electron chi connectivity index (χ1n) is 8.96. The Kier molecular flexibility index (Phi) is 6.46. The minimum atomic E-state index is -0.244. The monoisotopic (exact) mass is 378 g/mol. The van der Waals surface area contributed by atoms with Gasteiger partial charge in [-0.05, 0) is 47.2 Å². The molecule has 0 aliphatic heterocycles. The molecule has 0 saturated carbocycles. The molecule has 0 aliphatic carbocycles. The molecule has 2 amide bonds. The summed E-state index contributed by atoms with van der Waals surface area (Å²) in [4.78, 5) is 23.9. The van der Waals surface area contributed by atoms with Crippen LogP contribution in [0.2, 0.25) is 0 Å². The first-order valence-corrected chi connectivity index (χ1v) is 8.96. The summed E-state index contributed by atoms with van der Waals surface area (Å²) in [5, 5.41) is 7.64. The van der Waals surface area contributed by atoms with Crippen molar-refractivity contribution in [1.29, 1.82) is 0 Å². The van der Waals surface area contributed by atoms with Crippen molar-refractivity contribution in [2.75, 3.05) is 26.8 Å². The topological polar surface area (TPSA) is 76.7 Å². The van der Waals surface area contributed by atoms with Crippen molar-refractivity contribution in [3.8, 4) is 11.5 Å². The summed E-state index contributed by atoms with van der Waals surface area (Å²) in [6.07, 6.45) is 0. The van der Waals surface area contributed by atoms with Gasteiger partial charge in [0.15, 0.2) is 6.61 Å². The lowest BCUT2D eigenvalue weighted by molar-refractivity contribution is -0.123. The Balaban J connectivity index is 1.37. The van der Waals surface area contributed by atoms with Crippen LogP contribution in [0.3, 0.4) is 0 Å². The van der Waals surface area contributed by atoms with Crippen molar-refractivity contribution in [2.24, 2.45) is 0 Å². The third-order valence-corrected chi connectivity index (χ3v) is 4.18. The first kappa shape index (κ1) is 19.2. The largest absolute Gasteiger partial charge is 0.497 e. The summed E-state index contributed by atoms with van der Waals surface area (Å²) in [5.41, 5.74) is 0.534. The molecule has 144 valence electrons. The number of fused-ring (bicyclic) bond motifs is 1. The van der Waals surface area contributed by atoms with Crippen molar-refractivity contribution in [3.05, 3.63) is 72.3 Å². The summed E-state index contributed by atoms with van der Waals surface area (Å²) >= 11 is 0. The summed E-state index contributed by atoms with van der Waals surface area (Å²) in [7, 11) is 1.57. The van der Waals surface area contributed by atoms with Crippen LogP contribution in [0.15, 0.2) is 66.7 Å². The van der Waals surface area contributed by atoms with Crippen LogP contribution < -0.4 is 20.1 Å². The molecule has 3 rings (SSSR count). The summed E-state index contributed by atoms with van der Waals surface area (Å²) in [6.45, 7) is 0.569. The van der Waals surface area contributed by atoms with Gasteiger partial charge in [-0.3, -0.25) is 9.59 Å². The summed E-state index contributed by atoms with van der Waals surface area (Å²) < 4.78 is 10.6. The molecule has 0 bridgehead atoms. The van der Waals surface area contributed by atoms with E-state index in [9.17, 15) is 9.59 Å². The molecule has 0 atom stereocenters. The fraction of sp³-hybridized carbons (Fsp3) is 0.182. The van der Waals surface area contributed by atoms with Gasteiger partial charge in [0.1, 0.15) is 11.5 Å². The number of carbonyl (C=O) groups excluding carboxylic acids is 2. The summed E-state index contributed by atoms with van der Waals surface area (Å²) in [5.74, 6) is 0.882. The minimum absolute atomic E-state index is 0.0786. The maximum absolute atomic E-state index is 12.0. The van der Waals surface area contributed by atoms with Crippen LogP contribution in [-0.4, -0.2) is 38.6 Å². The Labute approximate surface area is 163 Å². The van der Waals surface area contributed by atoms with Crippen molar-refractivity contribution in [2.45, 2.75) is 0 Å². The number of rotatable bonds is 8. The van der Waals surface area contributed by atoms with E-state index in [4.69, 9.17) is 9.47 Å². The molecule has 0 aliphatic rings. The maximum atomic E-state index is 12.0. The molecule has 3 aromatic rings. The van der Waals surface area contributed by atoms with E-state index in [0.29, 0.717) is 30.2 Å². The highest BCUT2D eigenvalue weighted by molar-refractivity contribution is 5.94. The molecule has 0 heterocycles. The molecule has 0 spiro atoms. The fourth-order valence-electron chi connectivity index (χ4n) is 2.68. The molecule has 2 N–H and O–H groups in total. The highest BCUT2D eigenvalue weighted by atomic mass is 16.5. The van der Waals surface area contributed by atoms with Crippen LogP contribution in [0.25, 0.3) is 10.8 Å². The van der Waals surface area contributed by atoms with Crippen molar-refractivity contribution < 1.29 is 19.1 Å². The Morgan fingerprint density at radius 2 is 1.50 bits per heavy atom. The van der Waals surface area contributed by atoms with E-state index >= 15 is 0 Å². The lowest BCUT2D eigenvalue weighted by Gasteiger charge is -2.09. The van der Waals surface area contributed by atoms with Gasteiger partial charge < -0.3 is 20.1 Å². The van der Waals surface area contributed by atoms with E-state index in [0.717, 1.165) is 10.8 Å². The third kappa shape index (κ3) is 5.23. The van der Waals surface area contributed by atoms with Gasteiger partial charge in [-0.25, -0.2) is 0 Å². The van der Waals surface area contributed by atoms with Crippen molar-refractivity contribution >= 4 is 22.6 Å². The van der Waals surface area contributed by atoms with Gasteiger partial charge in [0.2, 0.25) is 0 Å². The van der Waals surface area contributed by atoms with Gasteiger partial charge in [-0.2, -0.15) is 0 Å². The second kappa shape index (κ2) is 9.41. The van der Waals surface area contributed by atoms with Crippen LogP contribution in [0, 0.1) is 0 Å². The van der Waals surface area contributed by atoms with E-state index in [1.807, 2.05) is 42.5 Å². The van der Waals surface area contributed by atoms with E-state index in [1.54, 1.807) is 31.4 Å². The summed E-state index contributed by atoms with van der Waals surface area (Å²) in [6, 6.07) is 20.5. The van der Waals surface area contributed by atoms with Crippen molar-refractivity contribution in [3.63, 3.8) is 0 Å². The Hall–Kier alpha value is -3.54. The van der Waals surface area contributed by atoms with Crippen LogP contribution in [0.4, 0.5) is 0 Å². The number of nitrogens with one attached hydrogen (secondary N) is 2. The van der Waals surface area contributed by atoms with E-state index in [2.05, 4.69) is 10.6 Å².